The van der Waals surface area contributed by atoms with E-state index in [9.17, 15) is 14.5 Å². The minimum absolute atomic E-state index is 0.0557. The smallest absolute Gasteiger partial charge is 0.332 e. The normalized spacial score (nSPS) is 10.2. The summed E-state index contributed by atoms with van der Waals surface area (Å²) in [6.45, 7) is 1.61. The molecule has 1 heterocycles. The Bertz CT molecular complexity index is 678. The van der Waals surface area contributed by atoms with Crippen LogP contribution < -0.4 is 10.6 Å². The average molecular weight is 291 g/mol. The zero-order valence-corrected chi connectivity index (χ0v) is 11.6. The summed E-state index contributed by atoms with van der Waals surface area (Å²) in [5, 5.41) is 16.6. The van der Waals surface area contributed by atoms with Gasteiger partial charge in [-0.05, 0) is 13.0 Å². The van der Waals surface area contributed by atoms with Crippen LogP contribution in [0.15, 0.2) is 24.3 Å². The molecule has 0 bridgehead atoms. The second-order valence-electron chi connectivity index (χ2n) is 4.28. The van der Waals surface area contributed by atoms with E-state index in [1.165, 1.54) is 13.0 Å². The number of anilines is 2. The van der Waals surface area contributed by atoms with Crippen molar-refractivity contribution in [2.75, 3.05) is 17.7 Å². The molecule has 8 heteroatoms. The summed E-state index contributed by atoms with van der Waals surface area (Å²) >= 11 is 0. The topological polar surface area (TPSA) is 93.0 Å². The molecule has 0 aliphatic heterocycles. The van der Waals surface area contributed by atoms with Gasteiger partial charge in [0.2, 0.25) is 11.8 Å². The van der Waals surface area contributed by atoms with Crippen molar-refractivity contribution >= 4 is 17.5 Å². The third-order valence-corrected chi connectivity index (χ3v) is 2.87. The molecular formula is C13H14FN5O2. The SMILES string of the molecule is CNc1nc(C)c([N+](=O)[O-])c(NCc2ccccc2F)n1. The van der Waals surface area contributed by atoms with Gasteiger partial charge >= 0.3 is 5.69 Å². The van der Waals surface area contributed by atoms with Gasteiger partial charge in [0.1, 0.15) is 11.5 Å². The summed E-state index contributed by atoms with van der Waals surface area (Å²) in [5.41, 5.74) is 0.412. The highest BCUT2D eigenvalue weighted by molar-refractivity contribution is 5.60. The van der Waals surface area contributed by atoms with Crippen LogP contribution in [0.5, 0.6) is 0 Å². The van der Waals surface area contributed by atoms with Crippen LogP contribution >= 0.6 is 0 Å². The molecule has 0 fully saturated rings. The highest BCUT2D eigenvalue weighted by atomic mass is 19.1. The molecule has 110 valence electrons. The Kier molecular flexibility index (Phi) is 4.27. The van der Waals surface area contributed by atoms with Crippen molar-refractivity contribution in [3.8, 4) is 0 Å². The number of nitrogens with zero attached hydrogens (tertiary/aromatic N) is 3. The van der Waals surface area contributed by atoms with Gasteiger partial charge in [0.15, 0.2) is 0 Å². The molecule has 1 aromatic heterocycles. The third-order valence-electron chi connectivity index (χ3n) is 2.87. The third kappa shape index (κ3) is 3.22. The first-order chi connectivity index (χ1) is 10.0. The molecule has 1 aromatic carbocycles. The number of rotatable bonds is 5. The standard InChI is InChI=1S/C13H14FN5O2/c1-8-11(19(20)21)12(18-13(15-2)17-8)16-7-9-5-3-4-6-10(9)14/h3-6H,7H2,1-2H3,(H2,15,16,17,18). The fourth-order valence-corrected chi connectivity index (χ4v) is 1.84. The molecule has 0 saturated carbocycles. The summed E-state index contributed by atoms with van der Waals surface area (Å²) in [4.78, 5) is 18.5. The minimum Gasteiger partial charge on any atom is -0.360 e. The van der Waals surface area contributed by atoms with Crippen LogP contribution in [0.1, 0.15) is 11.3 Å². The highest BCUT2D eigenvalue weighted by Crippen LogP contribution is 2.27. The molecule has 0 aliphatic rings. The Hall–Kier alpha value is -2.77. The number of hydrogen-bond donors (Lipinski definition) is 2. The Morgan fingerprint density at radius 3 is 2.67 bits per heavy atom. The number of halogens is 1. The van der Waals surface area contributed by atoms with E-state index in [0.717, 1.165) is 0 Å². The fraction of sp³-hybridized carbons (Fsp3) is 0.231. The molecule has 0 saturated heterocycles. The van der Waals surface area contributed by atoms with Crippen molar-refractivity contribution in [1.29, 1.82) is 0 Å². The van der Waals surface area contributed by atoms with Gasteiger partial charge in [-0.3, -0.25) is 10.1 Å². The van der Waals surface area contributed by atoms with Gasteiger partial charge in [-0.25, -0.2) is 9.37 Å². The largest absolute Gasteiger partial charge is 0.360 e. The predicted molar refractivity (Wildman–Crippen MR) is 76.7 cm³/mol. The number of nitrogens with one attached hydrogen (secondary N) is 2. The molecular weight excluding hydrogens is 277 g/mol. The van der Waals surface area contributed by atoms with E-state index in [0.29, 0.717) is 5.56 Å². The van der Waals surface area contributed by atoms with Crippen LogP contribution in [0.4, 0.5) is 21.8 Å². The van der Waals surface area contributed by atoms with Crippen molar-refractivity contribution in [3.63, 3.8) is 0 Å². The molecule has 2 N–H and O–H groups in total. The van der Waals surface area contributed by atoms with Crippen molar-refractivity contribution in [2.45, 2.75) is 13.5 Å². The number of hydrogen-bond acceptors (Lipinski definition) is 6. The fourth-order valence-electron chi connectivity index (χ4n) is 1.84. The lowest BCUT2D eigenvalue weighted by molar-refractivity contribution is -0.385. The van der Waals surface area contributed by atoms with Crippen LogP contribution in [-0.4, -0.2) is 21.9 Å². The Labute approximate surface area is 120 Å². The molecule has 2 rings (SSSR count). The molecule has 21 heavy (non-hydrogen) atoms. The van der Waals surface area contributed by atoms with Gasteiger partial charge in [0.25, 0.3) is 0 Å². The van der Waals surface area contributed by atoms with E-state index in [4.69, 9.17) is 0 Å². The van der Waals surface area contributed by atoms with Gasteiger partial charge in [0, 0.05) is 19.2 Å². The predicted octanol–water partition coefficient (Wildman–Crippen LogP) is 2.49. The first kappa shape index (κ1) is 14.6. The minimum atomic E-state index is -0.557. The van der Waals surface area contributed by atoms with Crippen LogP contribution in [-0.2, 0) is 6.54 Å². The first-order valence-corrected chi connectivity index (χ1v) is 6.21. The van der Waals surface area contributed by atoms with E-state index in [-0.39, 0.29) is 35.5 Å². The first-order valence-electron chi connectivity index (χ1n) is 6.21. The lowest BCUT2D eigenvalue weighted by Crippen LogP contribution is -2.10. The van der Waals surface area contributed by atoms with Crippen LogP contribution in [0.25, 0.3) is 0 Å². The molecule has 0 aliphatic carbocycles. The summed E-state index contributed by atoms with van der Waals surface area (Å²) in [7, 11) is 1.61. The summed E-state index contributed by atoms with van der Waals surface area (Å²) in [6.07, 6.45) is 0. The van der Waals surface area contributed by atoms with E-state index in [1.54, 1.807) is 25.2 Å². The average Bonchev–Trinajstić information content (AvgIpc) is 2.45. The van der Waals surface area contributed by atoms with Crippen LogP contribution in [0.3, 0.4) is 0 Å². The molecule has 7 nitrogen and oxygen atoms in total. The van der Waals surface area contributed by atoms with Crippen LogP contribution in [0.2, 0.25) is 0 Å². The summed E-state index contributed by atoms with van der Waals surface area (Å²) in [5.74, 6) is -0.0680. The summed E-state index contributed by atoms with van der Waals surface area (Å²) < 4.78 is 13.6. The number of aromatic nitrogens is 2. The number of aryl methyl sites for hydroxylation is 1. The number of benzene rings is 1. The van der Waals surface area contributed by atoms with Gasteiger partial charge in [-0.15, -0.1) is 0 Å². The molecule has 0 amide bonds. The Morgan fingerprint density at radius 2 is 2.05 bits per heavy atom. The molecule has 2 aromatic rings. The zero-order valence-electron chi connectivity index (χ0n) is 11.6. The zero-order chi connectivity index (χ0) is 15.4. The second kappa shape index (κ2) is 6.12. The molecule has 0 atom stereocenters. The Morgan fingerprint density at radius 1 is 1.33 bits per heavy atom. The van der Waals surface area contributed by atoms with E-state index in [1.807, 2.05) is 0 Å². The van der Waals surface area contributed by atoms with Gasteiger partial charge < -0.3 is 10.6 Å². The van der Waals surface area contributed by atoms with Crippen molar-refractivity contribution < 1.29 is 9.31 Å². The molecule has 0 spiro atoms. The van der Waals surface area contributed by atoms with Crippen molar-refractivity contribution in [2.24, 2.45) is 0 Å². The second-order valence-corrected chi connectivity index (χ2v) is 4.28. The van der Waals surface area contributed by atoms with Gasteiger partial charge in [0.05, 0.1) is 4.92 Å². The van der Waals surface area contributed by atoms with Crippen molar-refractivity contribution in [3.05, 3.63) is 51.5 Å². The monoisotopic (exact) mass is 291 g/mol. The van der Waals surface area contributed by atoms with Crippen molar-refractivity contribution in [1.82, 2.24) is 9.97 Å². The maximum absolute atomic E-state index is 13.6. The van der Waals surface area contributed by atoms with Gasteiger partial charge in [-0.2, -0.15) is 4.98 Å². The molecule has 0 radical (unpaired) electrons. The van der Waals surface area contributed by atoms with E-state index < -0.39 is 4.92 Å². The quantitative estimate of drug-likeness (QED) is 0.649. The maximum Gasteiger partial charge on any atom is 0.332 e. The molecule has 0 unspecified atom stereocenters. The lowest BCUT2D eigenvalue weighted by Gasteiger charge is -2.10. The van der Waals surface area contributed by atoms with E-state index >= 15 is 0 Å². The summed E-state index contributed by atoms with van der Waals surface area (Å²) in [6, 6.07) is 6.20. The lowest BCUT2D eigenvalue weighted by atomic mass is 10.2. The van der Waals surface area contributed by atoms with E-state index in [2.05, 4.69) is 20.6 Å². The van der Waals surface area contributed by atoms with Gasteiger partial charge in [-0.1, -0.05) is 18.2 Å². The highest BCUT2D eigenvalue weighted by Gasteiger charge is 2.21. The Balaban J connectivity index is 2.32. The maximum atomic E-state index is 13.6. The number of nitro groups is 1. The van der Waals surface area contributed by atoms with Crippen LogP contribution in [0, 0.1) is 22.9 Å².